The molecule has 0 saturated carbocycles. The van der Waals surface area contributed by atoms with Crippen molar-refractivity contribution >= 4 is 33.2 Å². The van der Waals surface area contributed by atoms with Crippen LogP contribution in [0.25, 0.3) is 21.9 Å². The maximum atomic E-state index is 12.9. The van der Waals surface area contributed by atoms with Crippen LogP contribution >= 0.6 is 11.3 Å². The first-order valence-corrected chi connectivity index (χ1v) is 12.0. The molecule has 0 radical (unpaired) electrons. The van der Waals surface area contributed by atoms with Gasteiger partial charge in [-0.25, -0.2) is 4.98 Å². The third-order valence-corrected chi connectivity index (χ3v) is 6.72. The highest BCUT2D eigenvalue weighted by Crippen LogP contribution is 2.34. The van der Waals surface area contributed by atoms with Crippen molar-refractivity contribution in [1.29, 1.82) is 5.26 Å². The second kappa shape index (κ2) is 10.0. The van der Waals surface area contributed by atoms with Gasteiger partial charge in [0.25, 0.3) is 5.56 Å². The van der Waals surface area contributed by atoms with Crippen LogP contribution in [0, 0.1) is 11.3 Å². The fourth-order valence-electron chi connectivity index (χ4n) is 3.94. The van der Waals surface area contributed by atoms with Crippen LogP contribution in [-0.2, 0) is 12.8 Å². The summed E-state index contributed by atoms with van der Waals surface area (Å²) in [5.41, 5.74) is 2.05. The molecule has 2 heterocycles. The highest BCUT2D eigenvalue weighted by atomic mass is 32.1. The lowest BCUT2D eigenvalue weighted by atomic mass is 9.97. The van der Waals surface area contributed by atoms with Crippen LogP contribution in [0.5, 0.6) is 11.5 Å². The van der Waals surface area contributed by atoms with Gasteiger partial charge in [-0.05, 0) is 68.4 Å². The lowest BCUT2D eigenvalue weighted by Gasteiger charge is -2.12. The molecule has 1 aliphatic carbocycles. The lowest BCUT2D eigenvalue weighted by Crippen LogP contribution is -2.12. The summed E-state index contributed by atoms with van der Waals surface area (Å²) < 4.78 is 11.6. The van der Waals surface area contributed by atoms with E-state index in [0.717, 1.165) is 49.7 Å². The number of benzene rings is 1. The first-order chi connectivity index (χ1) is 15.6. The zero-order chi connectivity index (χ0) is 22.5. The zero-order valence-electron chi connectivity index (χ0n) is 18.5. The molecule has 0 atom stereocenters. The topological polar surface area (TPSA) is 88.0 Å². The van der Waals surface area contributed by atoms with Crippen molar-refractivity contribution in [3.05, 3.63) is 50.4 Å². The van der Waals surface area contributed by atoms with Crippen molar-refractivity contribution in [3.63, 3.8) is 0 Å². The zero-order valence-corrected chi connectivity index (χ0v) is 19.3. The van der Waals surface area contributed by atoms with Crippen molar-refractivity contribution in [1.82, 2.24) is 9.97 Å². The maximum absolute atomic E-state index is 12.9. The molecule has 1 N–H and O–H groups in total. The number of nitriles is 1. The van der Waals surface area contributed by atoms with Crippen molar-refractivity contribution in [2.24, 2.45) is 0 Å². The molecule has 0 bridgehead atoms. The number of H-pyrrole nitrogens is 1. The van der Waals surface area contributed by atoms with Crippen LogP contribution in [0.2, 0.25) is 0 Å². The smallest absolute Gasteiger partial charge is 0.260 e. The Hall–Kier alpha value is -3.11. The fraction of sp³-hybridized carbons (Fsp3) is 0.400. The first-order valence-electron chi connectivity index (χ1n) is 11.2. The Morgan fingerprint density at radius 2 is 2.09 bits per heavy atom. The minimum absolute atomic E-state index is 0.166. The van der Waals surface area contributed by atoms with E-state index < -0.39 is 0 Å². The summed E-state index contributed by atoms with van der Waals surface area (Å²) in [7, 11) is 0. The summed E-state index contributed by atoms with van der Waals surface area (Å²) in [6.07, 6.45) is 7.92. The van der Waals surface area contributed by atoms with Crippen LogP contribution in [0.4, 0.5) is 0 Å². The molecule has 4 rings (SSSR count). The van der Waals surface area contributed by atoms with Gasteiger partial charge in [0.2, 0.25) is 0 Å². The number of allylic oxidation sites excluding steroid dienone is 1. The van der Waals surface area contributed by atoms with E-state index in [2.05, 4.69) is 23.0 Å². The van der Waals surface area contributed by atoms with Gasteiger partial charge in [-0.3, -0.25) is 4.79 Å². The molecule has 166 valence electrons. The number of nitrogens with zero attached hydrogens (tertiary/aromatic N) is 2. The highest BCUT2D eigenvalue weighted by Gasteiger charge is 2.20. The Balaban J connectivity index is 1.70. The molecule has 0 saturated heterocycles. The number of hydrogen-bond donors (Lipinski definition) is 1. The summed E-state index contributed by atoms with van der Waals surface area (Å²) in [5, 5.41) is 10.5. The van der Waals surface area contributed by atoms with Crippen LogP contribution < -0.4 is 15.0 Å². The number of aryl methyl sites for hydroxylation is 2. The van der Waals surface area contributed by atoms with E-state index in [1.807, 2.05) is 25.1 Å². The Morgan fingerprint density at radius 3 is 2.88 bits per heavy atom. The number of rotatable bonds is 8. The summed E-state index contributed by atoms with van der Waals surface area (Å²) in [6.45, 7) is 5.18. The van der Waals surface area contributed by atoms with Crippen molar-refractivity contribution < 1.29 is 9.47 Å². The summed E-state index contributed by atoms with van der Waals surface area (Å²) in [5.74, 6) is 1.62. The summed E-state index contributed by atoms with van der Waals surface area (Å²) in [4.78, 5) is 22.3. The number of nitrogens with one attached hydrogen (secondary N) is 1. The van der Waals surface area contributed by atoms with Gasteiger partial charge in [-0.1, -0.05) is 19.4 Å². The van der Waals surface area contributed by atoms with Crippen molar-refractivity contribution in [3.8, 4) is 17.6 Å². The number of ether oxygens (including phenoxy) is 2. The van der Waals surface area contributed by atoms with Crippen molar-refractivity contribution in [2.45, 2.75) is 52.4 Å². The normalized spacial score (nSPS) is 13.6. The van der Waals surface area contributed by atoms with Gasteiger partial charge in [0.1, 0.15) is 10.9 Å². The quantitative estimate of drug-likeness (QED) is 0.362. The molecule has 0 amide bonds. The summed E-state index contributed by atoms with van der Waals surface area (Å²) in [6, 6.07) is 7.77. The molecule has 6 nitrogen and oxygen atoms in total. The largest absolute Gasteiger partial charge is 0.490 e. The van der Waals surface area contributed by atoms with Gasteiger partial charge in [0.15, 0.2) is 17.3 Å². The Labute approximate surface area is 191 Å². The number of aromatic amines is 1. The van der Waals surface area contributed by atoms with E-state index in [1.54, 1.807) is 17.4 Å². The molecule has 1 aliphatic rings. The molecule has 0 spiro atoms. The van der Waals surface area contributed by atoms with Crippen LogP contribution in [-0.4, -0.2) is 23.2 Å². The highest BCUT2D eigenvalue weighted by molar-refractivity contribution is 7.18. The van der Waals surface area contributed by atoms with Crippen LogP contribution in [0.15, 0.2) is 23.0 Å². The molecule has 7 heteroatoms. The maximum Gasteiger partial charge on any atom is 0.260 e. The van der Waals surface area contributed by atoms with Gasteiger partial charge < -0.3 is 14.5 Å². The van der Waals surface area contributed by atoms with E-state index in [9.17, 15) is 10.1 Å². The predicted molar refractivity (Wildman–Crippen MR) is 128 cm³/mol. The number of unbranched alkanes of at least 4 members (excludes halogenated alkanes) is 1. The Morgan fingerprint density at radius 1 is 1.25 bits per heavy atom. The minimum atomic E-state index is -0.166. The standard InChI is InChI=1S/C25H27N3O3S/c1-3-5-12-31-19-11-10-16(14-20(19)30-4-2)13-17(15-26)23-27-24(29)22-18-8-6-7-9-21(18)32-25(22)28-23/h10-11,13-14H,3-9,12H2,1-2H3,(H,27,28,29)/b17-13+. The Kier molecular flexibility index (Phi) is 6.91. The molecule has 0 unspecified atom stereocenters. The monoisotopic (exact) mass is 449 g/mol. The van der Waals surface area contributed by atoms with Gasteiger partial charge in [-0.2, -0.15) is 5.26 Å². The predicted octanol–water partition coefficient (Wildman–Crippen LogP) is 5.51. The molecule has 1 aromatic carbocycles. The van der Waals surface area contributed by atoms with Gasteiger partial charge in [0, 0.05) is 4.88 Å². The molecule has 0 aliphatic heterocycles. The molecule has 2 aromatic heterocycles. The molecule has 0 fully saturated rings. The lowest BCUT2D eigenvalue weighted by molar-refractivity contribution is 0.272. The van der Waals surface area contributed by atoms with E-state index in [1.165, 1.54) is 4.88 Å². The number of thiophene rings is 1. The number of hydrogen-bond acceptors (Lipinski definition) is 6. The fourth-order valence-corrected chi connectivity index (χ4v) is 5.20. The van der Waals surface area contributed by atoms with Crippen molar-refractivity contribution in [2.75, 3.05) is 13.2 Å². The van der Waals surface area contributed by atoms with Crippen LogP contribution in [0.1, 0.15) is 61.4 Å². The second-order valence-electron chi connectivity index (χ2n) is 7.82. The minimum Gasteiger partial charge on any atom is -0.490 e. The molecule has 3 aromatic rings. The average Bonchev–Trinajstić information content (AvgIpc) is 3.18. The Bertz CT molecular complexity index is 1250. The van der Waals surface area contributed by atoms with Crippen LogP contribution in [0.3, 0.4) is 0 Å². The molecular weight excluding hydrogens is 422 g/mol. The number of fused-ring (bicyclic) bond motifs is 3. The SMILES string of the molecule is CCCCOc1ccc(/C=C(\C#N)c2nc3sc4c(c3c(=O)[nH]2)CCCC4)cc1OCC. The van der Waals surface area contributed by atoms with Gasteiger partial charge >= 0.3 is 0 Å². The average molecular weight is 450 g/mol. The van der Waals surface area contributed by atoms with E-state index in [-0.39, 0.29) is 5.56 Å². The second-order valence-corrected chi connectivity index (χ2v) is 8.90. The molecular formula is C25H27N3O3S. The van der Waals surface area contributed by atoms with Gasteiger partial charge in [0.05, 0.1) is 24.2 Å². The van der Waals surface area contributed by atoms with E-state index in [4.69, 9.17) is 9.47 Å². The van der Waals surface area contributed by atoms with E-state index >= 15 is 0 Å². The third-order valence-electron chi connectivity index (χ3n) is 5.53. The third kappa shape index (κ3) is 4.56. The van der Waals surface area contributed by atoms with Gasteiger partial charge in [-0.15, -0.1) is 11.3 Å². The summed E-state index contributed by atoms with van der Waals surface area (Å²) >= 11 is 1.58. The van der Waals surface area contributed by atoms with E-state index in [0.29, 0.717) is 46.3 Å². The molecule has 32 heavy (non-hydrogen) atoms. The number of aromatic nitrogens is 2. The first kappa shape index (κ1) is 22.1.